The van der Waals surface area contributed by atoms with Crippen LogP contribution in [0.2, 0.25) is 0 Å². The summed E-state index contributed by atoms with van der Waals surface area (Å²) >= 11 is 2.21. The molecule has 2 N–H and O–H groups in total. The van der Waals surface area contributed by atoms with Crippen LogP contribution in [0.1, 0.15) is 12.0 Å². The van der Waals surface area contributed by atoms with Crippen molar-refractivity contribution in [2.45, 2.75) is 19.0 Å². The summed E-state index contributed by atoms with van der Waals surface area (Å²) in [5, 5.41) is 11.9. The maximum Gasteiger partial charge on any atom is 0.305 e. The minimum atomic E-state index is -0.983. The van der Waals surface area contributed by atoms with Gasteiger partial charge in [0.15, 0.2) is 0 Å². The predicted molar refractivity (Wildman–Crippen MR) is 75.3 cm³/mol. The summed E-state index contributed by atoms with van der Waals surface area (Å²) in [6.07, 6.45) is -0.214. The number of anilines is 1. The molecular weight excluding hydrogens is 347 g/mol. The molecule has 0 saturated heterocycles. The lowest BCUT2D eigenvalue weighted by molar-refractivity contribution is -0.141. The first-order valence-electron chi connectivity index (χ1n) is 5.49. The normalized spacial score (nSPS) is 18.9. The van der Waals surface area contributed by atoms with Crippen LogP contribution in [0.15, 0.2) is 18.2 Å². The number of benzene rings is 1. The molecule has 18 heavy (non-hydrogen) atoms. The number of carboxylic acid groups (broad SMARTS) is 1. The Labute approximate surface area is 118 Å². The molecule has 0 aliphatic carbocycles. The fraction of sp³-hybridized carbons (Fsp3) is 0.333. The monoisotopic (exact) mass is 360 g/mol. The van der Waals surface area contributed by atoms with Crippen LogP contribution >= 0.6 is 22.6 Å². The van der Waals surface area contributed by atoms with E-state index < -0.39 is 12.0 Å². The van der Waals surface area contributed by atoms with Crippen LogP contribution in [0.5, 0.6) is 0 Å². The lowest BCUT2D eigenvalue weighted by Crippen LogP contribution is -2.39. The average Bonchev–Trinajstić information content (AvgIpc) is 2.39. The third kappa shape index (κ3) is 2.74. The van der Waals surface area contributed by atoms with Crippen LogP contribution < -0.4 is 5.32 Å². The molecule has 0 saturated carbocycles. The largest absolute Gasteiger partial charge is 0.481 e. The van der Waals surface area contributed by atoms with Gasteiger partial charge in [-0.2, -0.15) is 0 Å². The van der Waals surface area contributed by atoms with Crippen LogP contribution in [-0.2, 0) is 16.1 Å². The number of nitrogens with zero attached hydrogens (tertiary/aromatic N) is 1. The van der Waals surface area contributed by atoms with Gasteiger partial charge in [-0.3, -0.25) is 9.59 Å². The topological polar surface area (TPSA) is 69.6 Å². The van der Waals surface area contributed by atoms with Gasteiger partial charge in [-0.15, -0.1) is 0 Å². The zero-order valence-electron chi connectivity index (χ0n) is 9.81. The highest BCUT2D eigenvalue weighted by Gasteiger charge is 2.28. The minimum absolute atomic E-state index is 0.191. The molecular formula is C12H13IN2O3. The van der Waals surface area contributed by atoms with Crippen LogP contribution in [0.3, 0.4) is 0 Å². The fourth-order valence-electron chi connectivity index (χ4n) is 2.00. The first-order valence-corrected chi connectivity index (χ1v) is 6.57. The molecule has 0 bridgehead atoms. The molecule has 6 heteroatoms. The Hall–Kier alpha value is -1.31. The molecule has 1 amide bonds. The lowest BCUT2D eigenvalue weighted by atomic mass is 10.1. The SMILES string of the molecule is CN1Cc2cc(I)ccc2N[C@@H](CC(=O)O)C1=O. The van der Waals surface area contributed by atoms with Crippen molar-refractivity contribution in [3.8, 4) is 0 Å². The number of amides is 1. The van der Waals surface area contributed by atoms with E-state index in [1.54, 1.807) is 11.9 Å². The first-order chi connectivity index (χ1) is 8.47. The van der Waals surface area contributed by atoms with Gasteiger partial charge < -0.3 is 15.3 Å². The van der Waals surface area contributed by atoms with Crippen LogP contribution in [-0.4, -0.2) is 35.0 Å². The van der Waals surface area contributed by atoms with E-state index in [1.807, 2.05) is 18.2 Å². The fourth-order valence-corrected chi connectivity index (χ4v) is 2.55. The third-order valence-electron chi connectivity index (χ3n) is 2.86. The Morgan fingerprint density at radius 1 is 1.61 bits per heavy atom. The maximum absolute atomic E-state index is 12.0. The molecule has 0 radical (unpaired) electrons. The number of likely N-dealkylation sites (N-methyl/N-ethyl adjacent to an activating group) is 1. The van der Waals surface area contributed by atoms with Gasteiger partial charge in [-0.1, -0.05) is 0 Å². The second kappa shape index (κ2) is 5.13. The van der Waals surface area contributed by atoms with E-state index in [0.717, 1.165) is 14.8 Å². The molecule has 1 aliphatic heterocycles. The van der Waals surface area contributed by atoms with E-state index in [2.05, 4.69) is 27.9 Å². The predicted octanol–water partition coefficient (Wildman–Crippen LogP) is 1.52. The Kier molecular flexibility index (Phi) is 3.74. The number of hydrogen-bond acceptors (Lipinski definition) is 3. The van der Waals surface area contributed by atoms with Crippen molar-refractivity contribution in [2.75, 3.05) is 12.4 Å². The third-order valence-corrected chi connectivity index (χ3v) is 3.53. The quantitative estimate of drug-likeness (QED) is 0.785. The highest BCUT2D eigenvalue weighted by Crippen LogP contribution is 2.25. The summed E-state index contributed by atoms with van der Waals surface area (Å²) in [5.74, 6) is -1.17. The molecule has 0 fully saturated rings. The number of carbonyl (C=O) groups is 2. The van der Waals surface area contributed by atoms with E-state index in [4.69, 9.17) is 5.11 Å². The summed E-state index contributed by atoms with van der Waals surface area (Å²) in [6.45, 7) is 0.494. The molecule has 0 spiro atoms. The van der Waals surface area contributed by atoms with Gasteiger partial charge in [0.1, 0.15) is 6.04 Å². The number of rotatable bonds is 2. The number of aliphatic carboxylic acids is 1. The second-order valence-electron chi connectivity index (χ2n) is 4.29. The van der Waals surface area contributed by atoms with Crippen molar-refractivity contribution in [3.05, 3.63) is 27.3 Å². The van der Waals surface area contributed by atoms with Crippen molar-refractivity contribution >= 4 is 40.2 Å². The first kappa shape index (κ1) is 13.1. The maximum atomic E-state index is 12.0. The van der Waals surface area contributed by atoms with Gasteiger partial charge in [0.25, 0.3) is 0 Å². The Balaban J connectivity index is 2.34. The number of halogens is 1. The lowest BCUT2D eigenvalue weighted by Gasteiger charge is -2.19. The number of hydrogen-bond donors (Lipinski definition) is 2. The van der Waals surface area contributed by atoms with Crippen molar-refractivity contribution in [1.82, 2.24) is 4.90 Å². The second-order valence-corrected chi connectivity index (χ2v) is 5.54. The van der Waals surface area contributed by atoms with Crippen molar-refractivity contribution in [1.29, 1.82) is 0 Å². The molecule has 0 unspecified atom stereocenters. The van der Waals surface area contributed by atoms with E-state index in [0.29, 0.717) is 6.54 Å². The van der Waals surface area contributed by atoms with Crippen LogP contribution in [0.4, 0.5) is 5.69 Å². The molecule has 1 aromatic rings. The molecule has 5 nitrogen and oxygen atoms in total. The summed E-state index contributed by atoms with van der Waals surface area (Å²) in [6, 6.07) is 5.11. The van der Waals surface area contributed by atoms with Gasteiger partial charge >= 0.3 is 5.97 Å². The molecule has 2 rings (SSSR count). The summed E-state index contributed by atoms with van der Waals surface area (Å²) in [4.78, 5) is 24.4. The van der Waals surface area contributed by atoms with Crippen LogP contribution in [0.25, 0.3) is 0 Å². The van der Waals surface area contributed by atoms with Crippen molar-refractivity contribution in [2.24, 2.45) is 0 Å². The number of nitrogens with one attached hydrogen (secondary N) is 1. The minimum Gasteiger partial charge on any atom is -0.481 e. The standard InChI is InChI=1S/C12H13IN2O3/c1-15-6-7-4-8(13)2-3-9(7)14-10(12(15)18)5-11(16)17/h2-4,10,14H,5-6H2,1H3,(H,16,17)/t10-/m0/s1. The smallest absolute Gasteiger partial charge is 0.305 e. The Morgan fingerprint density at radius 2 is 2.33 bits per heavy atom. The Morgan fingerprint density at radius 3 is 3.00 bits per heavy atom. The summed E-state index contributed by atoms with van der Waals surface area (Å²) < 4.78 is 1.09. The Bertz CT molecular complexity index is 504. The average molecular weight is 360 g/mol. The highest BCUT2D eigenvalue weighted by molar-refractivity contribution is 14.1. The van der Waals surface area contributed by atoms with Gasteiger partial charge in [-0.25, -0.2) is 0 Å². The molecule has 1 atom stereocenters. The highest BCUT2D eigenvalue weighted by atomic mass is 127. The van der Waals surface area contributed by atoms with Crippen molar-refractivity contribution in [3.63, 3.8) is 0 Å². The van der Waals surface area contributed by atoms with E-state index >= 15 is 0 Å². The van der Waals surface area contributed by atoms with Gasteiger partial charge in [0.05, 0.1) is 6.42 Å². The molecule has 96 valence electrons. The molecule has 1 aromatic carbocycles. The van der Waals surface area contributed by atoms with E-state index in [1.165, 1.54) is 0 Å². The zero-order chi connectivity index (χ0) is 13.3. The van der Waals surface area contributed by atoms with Gasteiger partial charge in [-0.05, 0) is 46.4 Å². The van der Waals surface area contributed by atoms with Crippen LogP contribution in [0, 0.1) is 3.57 Å². The summed E-state index contributed by atoms with van der Waals surface area (Å²) in [7, 11) is 1.69. The zero-order valence-corrected chi connectivity index (χ0v) is 12.0. The number of carbonyl (C=O) groups excluding carboxylic acids is 1. The van der Waals surface area contributed by atoms with Crippen molar-refractivity contribution < 1.29 is 14.7 Å². The van der Waals surface area contributed by atoms with Gasteiger partial charge in [0.2, 0.25) is 5.91 Å². The molecule has 1 heterocycles. The summed E-state index contributed by atoms with van der Waals surface area (Å²) in [5.41, 5.74) is 1.84. The number of carboxylic acids is 1. The number of fused-ring (bicyclic) bond motifs is 1. The molecule has 0 aromatic heterocycles. The molecule has 1 aliphatic rings. The van der Waals surface area contributed by atoms with E-state index in [9.17, 15) is 9.59 Å². The van der Waals surface area contributed by atoms with E-state index in [-0.39, 0.29) is 12.3 Å². The van der Waals surface area contributed by atoms with Gasteiger partial charge in [0, 0.05) is 22.8 Å².